The van der Waals surface area contributed by atoms with E-state index in [2.05, 4.69) is 6.92 Å². The predicted octanol–water partition coefficient (Wildman–Crippen LogP) is 3.39. The minimum absolute atomic E-state index is 0.000820. The summed E-state index contributed by atoms with van der Waals surface area (Å²) in [6.45, 7) is 3.75. The van der Waals surface area contributed by atoms with E-state index in [9.17, 15) is 13.2 Å². The maximum atomic E-state index is 12.8. The summed E-state index contributed by atoms with van der Waals surface area (Å²) in [6.07, 6.45) is 2.04. The van der Waals surface area contributed by atoms with E-state index in [-0.39, 0.29) is 10.8 Å². The fraction of sp³-hybridized carbons (Fsp3) is 0.381. The van der Waals surface area contributed by atoms with Gasteiger partial charge in [-0.2, -0.15) is 0 Å². The molecule has 2 aromatic carbocycles. The summed E-state index contributed by atoms with van der Waals surface area (Å²) in [7, 11) is -0.661. The van der Waals surface area contributed by atoms with Crippen molar-refractivity contribution >= 4 is 21.6 Å². The second-order valence-corrected chi connectivity index (χ2v) is 9.14. The van der Waals surface area contributed by atoms with Gasteiger partial charge < -0.3 is 9.64 Å². The van der Waals surface area contributed by atoms with Gasteiger partial charge in [-0.25, -0.2) is 8.42 Å². The zero-order chi connectivity index (χ0) is 20.3. The van der Waals surface area contributed by atoms with Crippen LogP contribution >= 0.6 is 0 Å². The van der Waals surface area contributed by atoms with Crippen LogP contribution < -0.4 is 9.04 Å². The van der Waals surface area contributed by atoms with Crippen LogP contribution in [0.25, 0.3) is 0 Å². The highest BCUT2D eigenvalue weighted by Gasteiger charge is 2.23. The van der Waals surface area contributed by atoms with Gasteiger partial charge in [0, 0.05) is 25.7 Å². The van der Waals surface area contributed by atoms with Crippen molar-refractivity contribution in [1.29, 1.82) is 0 Å². The molecule has 0 N–H and O–H groups in total. The Morgan fingerprint density at radius 3 is 2.14 bits per heavy atom. The van der Waals surface area contributed by atoms with Gasteiger partial charge in [0.15, 0.2) is 0 Å². The lowest BCUT2D eigenvalue weighted by molar-refractivity contribution is 0.0697. The molecule has 7 heteroatoms. The molecule has 0 spiro atoms. The molecule has 28 heavy (non-hydrogen) atoms. The molecule has 0 atom stereocenters. The smallest absolute Gasteiger partial charge is 0.264 e. The van der Waals surface area contributed by atoms with E-state index in [0.717, 1.165) is 25.9 Å². The minimum Gasteiger partial charge on any atom is -0.497 e. The molecule has 0 bridgehead atoms. The Morgan fingerprint density at radius 2 is 1.61 bits per heavy atom. The van der Waals surface area contributed by atoms with E-state index >= 15 is 0 Å². The van der Waals surface area contributed by atoms with E-state index in [4.69, 9.17) is 4.74 Å². The van der Waals surface area contributed by atoms with E-state index in [0.29, 0.717) is 22.9 Å². The van der Waals surface area contributed by atoms with Gasteiger partial charge in [0.2, 0.25) is 0 Å². The molecule has 0 aliphatic carbocycles. The van der Waals surface area contributed by atoms with Gasteiger partial charge in [-0.15, -0.1) is 0 Å². The molecule has 6 nitrogen and oxygen atoms in total. The molecule has 2 aromatic rings. The molecule has 1 heterocycles. The molecular formula is C21H26N2O4S. The molecule has 3 rings (SSSR count). The quantitative estimate of drug-likeness (QED) is 0.769. The van der Waals surface area contributed by atoms with Crippen molar-refractivity contribution in [2.45, 2.75) is 24.7 Å². The Hall–Kier alpha value is -2.54. The van der Waals surface area contributed by atoms with Crippen LogP contribution in [-0.2, 0) is 10.0 Å². The summed E-state index contributed by atoms with van der Waals surface area (Å²) >= 11 is 0. The number of sulfonamides is 1. The van der Waals surface area contributed by atoms with Gasteiger partial charge in [0.25, 0.3) is 15.9 Å². The molecule has 1 fully saturated rings. The van der Waals surface area contributed by atoms with Gasteiger partial charge in [-0.3, -0.25) is 9.10 Å². The number of nitrogens with zero attached hydrogens (tertiary/aromatic N) is 2. The Bertz CT molecular complexity index is 916. The van der Waals surface area contributed by atoms with E-state index in [1.165, 1.54) is 30.6 Å². The van der Waals surface area contributed by atoms with Crippen LogP contribution in [0.4, 0.5) is 5.69 Å². The number of rotatable bonds is 5. The highest BCUT2D eigenvalue weighted by Crippen LogP contribution is 2.25. The van der Waals surface area contributed by atoms with Gasteiger partial charge in [-0.1, -0.05) is 6.92 Å². The number of ether oxygens (including phenoxy) is 1. The van der Waals surface area contributed by atoms with Crippen LogP contribution in [0, 0.1) is 5.92 Å². The van der Waals surface area contributed by atoms with Crippen molar-refractivity contribution in [3.05, 3.63) is 54.1 Å². The fourth-order valence-corrected chi connectivity index (χ4v) is 4.45. The molecule has 0 unspecified atom stereocenters. The van der Waals surface area contributed by atoms with E-state index in [1.807, 2.05) is 4.90 Å². The Balaban J connectivity index is 1.75. The molecule has 1 saturated heterocycles. The van der Waals surface area contributed by atoms with Crippen molar-refractivity contribution < 1.29 is 17.9 Å². The van der Waals surface area contributed by atoms with Crippen molar-refractivity contribution in [3.63, 3.8) is 0 Å². The normalized spacial score (nSPS) is 15.3. The monoisotopic (exact) mass is 402 g/mol. The Morgan fingerprint density at radius 1 is 1.04 bits per heavy atom. The number of amides is 1. The first-order chi connectivity index (χ1) is 13.3. The van der Waals surface area contributed by atoms with Crippen molar-refractivity contribution in [3.8, 4) is 5.75 Å². The first-order valence-corrected chi connectivity index (χ1v) is 10.8. The second kappa shape index (κ2) is 8.22. The number of carbonyl (C=O) groups is 1. The standard InChI is InChI=1S/C21H26N2O4S/c1-16-12-14-23(15-13-16)21(24)17-4-6-18(7-5-17)22(2)28(25,26)20-10-8-19(27-3)9-11-20/h4-11,16H,12-15H2,1-3H3. The maximum Gasteiger partial charge on any atom is 0.264 e. The molecule has 1 aliphatic rings. The van der Waals surface area contributed by atoms with Crippen molar-refractivity contribution in [2.24, 2.45) is 5.92 Å². The minimum atomic E-state index is -3.69. The van der Waals surface area contributed by atoms with E-state index in [1.54, 1.807) is 36.4 Å². The highest BCUT2D eigenvalue weighted by molar-refractivity contribution is 7.92. The zero-order valence-corrected chi connectivity index (χ0v) is 17.3. The number of hydrogen-bond acceptors (Lipinski definition) is 4. The number of likely N-dealkylation sites (tertiary alicyclic amines) is 1. The third-order valence-electron chi connectivity index (χ3n) is 5.27. The molecule has 1 aliphatic heterocycles. The zero-order valence-electron chi connectivity index (χ0n) is 16.5. The van der Waals surface area contributed by atoms with Crippen LogP contribution in [0.2, 0.25) is 0 Å². The lowest BCUT2D eigenvalue weighted by Gasteiger charge is -2.30. The summed E-state index contributed by atoms with van der Waals surface area (Å²) in [4.78, 5) is 14.7. The van der Waals surface area contributed by atoms with Gasteiger partial charge in [-0.05, 0) is 67.3 Å². The summed E-state index contributed by atoms with van der Waals surface area (Å²) in [5.41, 5.74) is 1.08. The van der Waals surface area contributed by atoms with Crippen LogP contribution in [0.1, 0.15) is 30.1 Å². The van der Waals surface area contributed by atoms with Crippen molar-refractivity contribution in [2.75, 3.05) is 31.6 Å². The third kappa shape index (κ3) is 4.14. The fourth-order valence-electron chi connectivity index (χ4n) is 3.25. The lowest BCUT2D eigenvalue weighted by Crippen LogP contribution is -2.37. The largest absolute Gasteiger partial charge is 0.497 e. The number of anilines is 1. The summed E-state index contributed by atoms with van der Waals surface area (Å²) < 4.78 is 32.0. The summed E-state index contributed by atoms with van der Waals surface area (Å²) in [6, 6.07) is 13.0. The molecule has 150 valence electrons. The summed E-state index contributed by atoms with van der Waals surface area (Å²) in [5.74, 6) is 1.25. The molecule has 1 amide bonds. The van der Waals surface area contributed by atoms with Gasteiger partial charge in [0.1, 0.15) is 5.75 Å². The molecular weight excluding hydrogens is 376 g/mol. The van der Waals surface area contributed by atoms with E-state index < -0.39 is 10.0 Å². The Labute approximate surface area is 166 Å². The molecule has 0 aromatic heterocycles. The number of piperidine rings is 1. The topological polar surface area (TPSA) is 66.9 Å². The number of carbonyl (C=O) groups excluding carboxylic acids is 1. The first-order valence-electron chi connectivity index (χ1n) is 9.35. The van der Waals surface area contributed by atoms with Crippen LogP contribution in [-0.4, -0.2) is 46.5 Å². The SMILES string of the molecule is COc1ccc(S(=O)(=O)N(C)c2ccc(C(=O)N3CCC(C)CC3)cc2)cc1. The van der Waals surface area contributed by atoms with Crippen LogP contribution in [0.3, 0.4) is 0 Å². The average molecular weight is 403 g/mol. The predicted molar refractivity (Wildman–Crippen MR) is 109 cm³/mol. The Kier molecular flexibility index (Phi) is 5.93. The van der Waals surface area contributed by atoms with Crippen LogP contribution in [0.15, 0.2) is 53.4 Å². The first kappa shape index (κ1) is 20.2. The maximum absolute atomic E-state index is 12.8. The van der Waals surface area contributed by atoms with Crippen molar-refractivity contribution in [1.82, 2.24) is 4.90 Å². The van der Waals surface area contributed by atoms with Gasteiger partial charge in [0.05, 0.1) is 17.7 Å². The summed E-state index contributed by atoms with van der Waals surface area (Å²) in [5, 5.41) is 0. The average Bonchev–Trinajstić information content (AvgIpc) is 2.73. The molecule has 0 saturated carbocycles. The lowest BCUT2D eigenvalue weighted by atomic mass is 9.98. The second-order valence-electron chi connectivity index (χ2n) is 7.17. The number of hydrogen-bond donors (Lipinski definition) is 0. The highest BCUT2D eigenvalue weighted by atomic mass is 32.2. The van der Waals surface area contributed by atoms with Gasteiger partial charge >= 0.3 is 0 Å². The molecule has 0 radical (unpaired) electrons. The number of benzene rings is 2. The van der Waals surface area contributed by atoms with Crippen LogP contribution in [0.5, 0.6) is 5.75 Å². The third-order valence-corrected chi connectivity index (χ3v) is 7.07. The number of methoxy groups -OCH3 is 1.